The maximum atomic E-state index is 15.1. The third-order valence-corrected chi connectivity index (χ3v) is 6.81. The molecule has 0 fully saturated rings. The first-order valence-corrected chi connectivity index (χ1v) is 12.4. The van der Waals surface area contributed by atoms with Gasteiger partial charge in [0, 0.05) is 41.1 Å². The molecule has 0 bridgehead atoms. The van der Waals surface area contributed by atoms with Gasteiger partial charge in [-0.25, -0.2) is 22.8 Å². The van der Waals surface area contributed by atoms with E-state index in [1.165, 1.54) is 37.8 Å². The fourth-order valence-electron chi connectivity index (χ4n) is 3.67. The monoisotopic (exact) mass is 528 g/mol. The highest BCUT2D eigenvalue weighted by molar-refractivity contribution is 7.92. The van der Waals surface area contributed by atoms with Gasteiger partial charge >= 0.3 is 0 Å². The number of nitrogens with zero attached hydrogens (tertiary/aromatic N) is 6. The van der Waals surface area contributed by atoms with E-state index in [-0.39, 0.29) is 27.0 Å². The van der Waals surface area contributed by atoms with E-state index in [9.17, 15) is 8.42 Å². The lowest BCUT2D eigenvalue weighted by Crippen LogP contribution is -2.15. The number of sulfonamides is 1. The van der Waals surface area contributed by atoms with Crippen molar-refractivity contribution in [2.75, 3.05) is 23.7 Å². The normalized spacial score (nSPS) is 11.7. The van der Waals surface area contributed by atoms with Crippen LogP contribution in [-0.4, -0.2) is 51.6 Å². The number of hydrogen-bond donors (Lipinski definition) is 2. The van der Waals surface area contributed by atoms with Crippen molar-refractivity contribution in [1.82, 2.24) is 29.5 Å². The van der Waals surface area contributed by atoms with E-state index in [0.29, 0.717) is 34.7 Å². The van der Waals surface area contributed by atoms with Crippen LogP contribution in [-0.2, 0) is 10.0 Å². The van der Waals surface area contributed by atoms with Gasteiger partial charge in [0.05, 0.1) is 12.1 Å². The SMILES string of the molecule is CCNc1ncc2cc(-c3cc(NS(=O)(=O)c4cc(Cl)cnc4OC)ccc3F)c3nncn3c2n1. The molecule has 0 atom stereocenters. The zero-order valence-corrected chi connectivity index (χ0v) is 20.5. The molecule has 0 aliphatic heterocycles. The molecule has 0 aliphatic rings. The molecule has 0 spiro atoms. The number of benzene rings is 1. The van der Waals surface area contributed by atoms with Crippen LogP contribution in [0.15, 0.2) is 53.9 Å². The molecule has 4 heterocycles. The second-order valence-corrected chi connectivity index (χ2v) is 9.63. The van der Waals surface area contributed by atoms with Gasteiger partial charge in [-0.1, -0.05) is 11.6 Å². The van der Waals surface area contributed by atoms with Crippen LogP contribution in [0.2, 0.25) is 5.02 Å². The van der Waals surface area contributed by atoms with E-state index in [0.717, 1.165) is 6.07 Å². The molecular formula is C22H18ClFN8O3S. The number of pyridine rings is 2. The van der Waals surface area contributed by atoms with Crippen molar-refractivity contribution in [1.29, 1.82) is 0 Å². The number of nitrogens with one attached hydrogen (secondary N) is 2. The van der Waals surface area contributed by atoms with Crippen molar-refractivity contribution in [2.24, 2.45) is 0 Å². The molecule has 0 amide bonds. The minimum absolute atomic E-state index is 0.0991. The van der Waals surface area contributed by atoms with Gasteiger partial charge in [-0.05, 0) is 37.3 Å². The summed E-state index contributed by atoms with van der Waals surface area (Å²) in [5.74, 6) is -0.290. The summed E-state index contributed by atoms with van der Waals surface area (Å²) in [4.78, 5) is 12.4. The molecule has 5 rings (SSSR count). The number of hydrogen-bond acceptors (Lipinski definition) is 9. The fraction of sp³-hybridized carbons (Fsp3) is 0.136. The Morgan fingerprint density at radius 1 is 1.11 bits per heavy atom. The largest absolute Gasteiger partial charge is 0.480 e. The standard InChI is InChI=1S/C22H18ClFN8O3S/c1-3-25-22-27-9-12-6-16(20-30-28-11-32(20)19(12)29-22)15-8-14(4-5-17(15)24)31-36(33,34)18-7-13(23)10-26-21(18)35-2/h4-11,31H,3H2,1-2H3,(H,25,27,29). The summed E-state index contributed by atoms with van der Waals surface area (Å²) in [6.45, 7) is 2.56. The highest BCUT2D eigenvalue weighted by Gasteiger charge is 2.23. The van der Waals surface area contributed by atoms with Crippen LogP contribution in [0, 0.1) is 5.82 Å². The first-order chi connectivity index (χ1) is 17.3. The Labute approximate surface area is 209 Å². The summed E-state index contributed by atoms with van der Waals surface area (Å²) in [6.07, 6.45) is 4.34. The predicted molar refractivity (Wildman–Crippen MR) is 132 cm³/mol. The van der Waals surface area contributed by atoms with Crippen LogP contribution in [0.25, 0.3) is 27.8 Å². The number of anilines is 2. The van der Waals surface area contributed by atoms with Crippen molar-refractivity contribution in [3.05, 3.63) is 59.9 Å². The summed E-state index contributed by atoms with van der Waals surface area (Å²) in [5, 5.41) is 11.9. The molecule has 36 heavy (non-hydrogen) atoms. The zero-order valence-electron chi connectivity index (χ0n) is 18.9. The van der Waals surface area contributed by atoms with Crippen LogP contribution in [0.4, 0.5) is 16.0 Å². The van der Waals surface area contributed by atoms with Crippen molar-refractivity contribution < 1.29 is 17.5 Å². The Morgan fingerprint density at radius 2 is 1.94 bits per heavy atom. The first kappa shape index (κ1) is 23.6. The van der Waals surface area contributed by atoms with Crippen LogP contribution in [0.1, 0.15) is 6.92 Å². The quantitative estimate of drug-likeness (QED) is 0.323. The Kier molecular flexibility index (Phi) is 6.02. The maximum absolute atomic E-state index is 15.1. The average molecular weight is 529 g/mol. The molecule has 14 heteroatoms. The van der Waals surface area contributed by atoms with E-state index < -0.39 is 15.8 Å². The Morgan fingerprint density at radius 3 is 2.72 bits per heavy atom. The van der Waals surface area contributed by atoms with Gasteiger partial charge in [0.2, 0.25) is 11.8 Å². The highest BCUT2D eigenvalue weighted by atomic mass is 35.5. The lowest BCUT2D eigenvalue weighted by atomic mass is 10.0. The Balaban J connectivity index is 1.61. The number of ether oxygens (including phenoxy) is 1. The van der Waals surface area contributed by atoms with Crippen molar-refractivity contribution in [3.63, 3.8) is 0 Å². The van der Waals surface area contributed by atoms with Crippen molar-refractivity contribution >= 4 is 49.9 Å². The topological polar surface area (TPSA) is 136 Å². The molecule has 184 valence electrons. The number of fused-ring (bicyclic) bond motifs is 3. The Bertz CT molecular complexity index is 1730. The second-order valence-electron chi connectivity index (χ2n) is 7.55. The zero-order chi connectivity index (χ0) is 25.4. The molecule has 0 saturated heterocycles. The number of methoxy groups -OCH3 is 1. The lowest BCUT2D eigenvalue weighted by molar-refractivity contribution is 0.385. The van der Waals surface area contributed by atoms with Gasteiger partial charge < -0.3 is 10.1 Å². The summed E-state index contributed by atoms with van der Waals surface area (Å²) in [7, 11) is -2.88. The van der Waals surface area contributed by atoms with E-state index in [4.69, 9.17) is 16.3 Å². The summed E-state index contributed by atoms with van der Waals surface area (Å²) < 4.78 is 50.3. The first-order valence-electron chi connectivity index (χ1n) is 10.6. The molecule has 4 aromatic heterocycles. The van der Waals surface area contributed by atoms with Gasteiger partial charge in [-0.3, -0.25) is 9.12 Å². The minimum atomic E-state index is -4.17. The molecule has 0 aliphatic carbocycles. The van der Waals surface area contributed by atoms with Crippen molar-refractivity contribution in [2.45, 2.75) is 11.8 Å². The van der Waals surface area contributed by atoms with Crippen LogP contribution in [0.3, 0.4) is 0 Å². The maximum Gasteiger partial charge on any atom is 0.267 e. The molecule has 5 aromatic rings. The van der Waals surface area contributed by atoms with E-state index in [1.807, 2.05) is 6.92 Å². The molecule has 0 saturated carbocycles. The summed E-state index contributed by atoms with van der Waals surface area (Å²) in [6, 6.07) is 6.71. The second kappa shape index (κ2) is 9.17. The summed E-state index contributed by atoms with van der Waals surface area (Å²) >= 11 is 5.94. The summed E-state index contributed by atoms with van der Waals surface area (Å²) in [5.41, 5.74) is 1.44. The van der Waals surface area contributed by atoms with Crippen LogP contribution in [0.5, 0.6) is 5.88 Å². The van der Waals surface area contributed by atoms with Gasteiger partial charge in [-0.15, -0.1) is 10.2 Å². The third-order valence-electron chi connectivity index (χ3n) is 5.22. The average Bonchev–Trinajstić information content (AvgIpc) is 3.35. The molecule has 11 nitrogen and oxygen atoms in total. The van der Waals surface area contributed by atoms with E-state index in [2.05, 4.69) is 35.2 Å². The van der Waals surface area contributed by atoms with E-state index >= 15 is 4.39 Å². The van der Waals surface area contributed by atoms with Crippen LogP contribution < -0.4 is 14.8 Å². The molecule has 0 unspecified atom stereocenters. The molecule has 2 N–H and O–H groups in total. The van der Waals surface area contributed by atoms with Gasteiger partial charge in [0.1, 0.15) is 12.1 Å². The lowest BCUT2D eigenvalue weighted by Gasteiger charge is -2.13. The third kappa shape index (κ3) is 4.22. The van der Waals surface area contributed by atoms with Gasteiger partial charge in [0.25, 0.3) is 10.0 Å². The Hall–Kier alpha value is -4.10. The predicted octanol–water partition coefficient (Wildman–Crippen LogP) is 3.77. The highest BCUT2D eigenvalue weighted by Crippen LogP contribution is 2.33. The molecule has 0 radical (unpaired) electrons. The number of aromatic nitrogens is 6. The fourth-order valence-corrected chi connectivity index (χ4v) is 5.09. The van der Waals surface area contributed by atoms with Gasteiger partial charge in [-0.2, -0.15) is 4.98 Å². The number of halogens is 2. The van der Waals surface area contributed by atoms with Crippen molar-refractivity contribution in [3.8, 4) is 17.0 Å². The van der Waals surface area contributed by atoms with Gasteiger partial charge in [0.15, 0.2) is 16.2 Å². The minimum Gasteiger partial charge on any atom is -0.480 e. The van der Waals surface area contributed by atoms with E-state index in [1.54, 1.807) is 16.7 Å². The molecule has 1 aromatic carbocycles. The number of rotatable bonds is 7. The molecular weight excluding hydrogens is 511 g/mol. The van der Waals surface area contributed by atoms with Crippen LogP contribution >= 0.6 is 11.6 Å². The smallest absolute Gasteiger partial charge is 0.267 e.